The lowest BCUT2D eigenvalue weighted by atomic mass is 9.91. The maximum atomic E-state index is 5.38. The molecule has 0 heterocycles. The van der Waals surface area contributed by atoms with Crippen molar-refractivity contribution in [2.45, 2.75) is 39.7 Å². The van der Waals surface area contributed by atoms with Crippen molar-refractivity contribution in [3.8, 4) is 0 Å². The Hall–Kier alpha value is -1.09. The van der Waals surface area contributed by atoms with Gasteiger partial charge in [0.1, 0.15) is 0 Å². The summed E-state index contributed by atoms with van der Waals surface area (Å²) in [5.41, 5.74) is 1.47. The van der Waals surface area contributed by atoms with E-state index in [-0.39, 0.29) is 0 Å². The zero-order valence-electron chi connectivity index (χ0n) is 11.4. The van der Waals surface area contributed by atoms with Crippen LogP contribution in [-0.4, -0.2) is 11.2 Å². The fourth-order valence-electron chi connectivity index (χ4n) is 2.94. The summed E-state index contributed by atoms with van der Waals surface area (Å²) in [4.78, 5) is 0. The summed E-state index contributed by atoms with van der Waals surface area (Å²) >= 11 is 5.38. The van der Waals surface area contributed by atoms with Crippen LogP contribution in [0.1, 0.15) is 33.6 Å². The molecule has 0 saturated heterocycles. The van der Waals surface area contributed by atoms with Crippen LogP contribution in [0, 0.1) is 11.3 Å². The zero-order chi connectivity index (χ0) is 13.2. The van der Waals surface area contributed by atoms with E-state index < -0.39 is 0 Å². The molecule has 2 atom stereocenters. The minimum atomic E-state index is 0.430. The molecule has 18 heavy (non-hydrogen) atoms. The first kappa shape index (κ1) is 13.3. The molecule has 0 aromatic heterocycles. The van der Waals surface area contributed by atoms with Crippen LogP contribution in [0.25, 0.3) is 0 Å². The van der Waals surface area contributed by atoms with Crippen molar-refractivity contribution < 1.29 is 0 Å². The molecule has 0 aliphatic heterocycles. The van der Waals surface area contributed by atoms with E-state index in [4.69, 9.17) is 12.2 Å². The van der Waals surface area contributed by atoms with Gasteiger partial charge in [-0.05, 0) is 48.5 Å². The first-order chi connectivity index (χ1) is 8.46. The molecule has 1 aliphatic rings. The lowest BCUT2D eigenvalue weighted by molar-refractivity contribution is 0.365. The molecule has 2 N–H and O–H groups in total. The van der Waals surface area contributed by atoms with Crippen LogP contribution in [0.5, 0.6) is 0 Å². The minimum Gasteiger partial charge on any atom is -0.359 e. The summed E-state index contributed by atoms with van der Waals surface area (Å²) in [6, 6.07) is 10.6. The van der Waals surface area contributed by atoms with Gasteiger partial charge in [0.2, 0.25) is 0 Å². The summed E-state index contributed by atoms with van der Waals surface area (Å²) in [7, 11) is 0. The molecule has 1 aromatic carbocycles. The molecule has 1 aliphatic carbocycles. The third-order valence-electron chi connectivity index (χ3n) is 3.68. The van der Waals surface area contributed by atoms with Crippen molar-refractivity contribution >= 4 is 23.0 Å². The van der Waals surface area contributed by atoms with Gasteiger partial charge in [0.15, 0.2) is 5.11 Å². The molecule has 3 heteroatoms. The van der Waals surface area contributed by atoms with Gasteiger partial charge < -0.3 is 10.6 Å². The van der Waals surface area contributed by atoms with Gasteiger partial charge >= 0.3 is 0 Å². The number of para-hydroxylation sites is 1. The molecule has 1 aromatic rings. The van der Waals surface area contributed by atoms with E-state index >= 15 is 0 Å². The van der Waals surface area contributed by atoms with E-state index in [1.807, 2.05) is 30.3 Å². The highest BCUT2D eigenvalue weighted by Gasteiger charge is 2.36. The number of thiocarbonyl (C=S) groups is 1. The van der Waals surface area contributed by atoms with Crippen LogP contribution in [0.4, 0.5) is 5.69 Å². The summed E-state index contributed by atoms with van der Waals surface area (Å²) in [5, 5.41) is 7.42. The lowest BCUT2D eigenvalue weighted by Crippen LogP contribution is -2.39. The second-order valence-electron chi connectivity index (χ2n) is 6.12. The summed E-state index contributed by atoms with van der Waals surface area (Å²) < 4.78 is 0. The molecule has 1 fully saturated rings. The van der Waals surface area contributed by atoms with Gasteiger partial charge in [-0.3, -0.25) is 0 Å². The zero-order valence-corrected chi connectivity index (χ0v) is 12.2. The Morgan fingerprint density at radius 2 is 1.89 bits per heavy atom. The fraction of sp³-hybridized carbons (Fsp3) is 0.533. The second-order valence-corrected chi connectivity index (χ2v) is 6.53. The van der Waals surface area contributed by atoms with Crippen molar-refractivity contribution in [1.82, 2.24) is 5.32 Å². The summed E-state index contributed by atoms with van der Waals surface area (Å²) in [6.45, 7) is 6.97. The molecule has 1 saturated carbocycles. The predicted octanol–water partition coefficient (Wildman–Crippen LogP) is 3.80. The minimum absolute atomic E-state index is 0.430. The van der Waals surface area contributed by atoms with Crippen LogP contribution in [0.2, 0.25) is 0 Å². The van der Waals surface area contributed by atoms with Gasteiger partial charge in [-0.1, -0.05) is 39.0 Å². The van der Waals surface area contributed by atoms with Crippen LogP contribution in [-0.2, 0) is 0 Å². The fourth-order valence-corrected chi connectivity index (χ4v) is 3.21. The Labute approximate surface area is 115 Å². The van der Waals surface area contributed by atoms with Gasteiger partial charge in [-0.2, -0.15) is 0 Å². The number of benzene rings is 1. The highest BCUT2D eigenvalue weighted by atomic mass is 32.1. The maximum Gasteiger partial charge on any atom is 0.171 e. The molecule has 98 valence electrons. The van der Waals surface area contributed by atoms with Crippen LogP contribution in [0.15, 0.2) is 30.3 Å². The van der Waals surface area contributed by atoms with Gasteiger partial charge in [-0.15, -0.1) is 0 Å². The standard InChI is InChI=1S/C15H22N2S/c1-11-9-15(2,3)10-13(11)17-14(18)16-12-7-5-4-6-8-12/h4-8,11,13H,9-10H2,1-3H3,(H2,16,17,18). The van der Waals surface area contributed by atoms with E-state index in [0.29, 0.717) is 17.4 Å². The largest absolute Gasteiger partial charge is 0.359 e. The predicted molar refractivity (Wildman–Crippen MR) is 81.8 cm³/mol. The first-order valence-electron chi connectivity index (χ1n) is 6.59. The van der Waals surface area contributed by atoms with Crippen molar-refractivity contribution in [2.75, 3.05) is 5.32 Å². The molecule has 2 nitrogen and oxygen atoms in total. The molecule has 0 radical (unpaired) electrons. The van der Waals surface area contributed by atoms with E-state index in [0.717, 1.165) is 10.8 Å². The Morgan fingerprint density at radius 3 is 2.44 bits per heavy atom. The number of anilines is 1. The lowest BCUT2D eigenvalue weighted by Gasteiger charge is -2.20. The van der Waals surface area contributed by atoms with Crippen LogP contribution < -0.4 is 10.6 Å². The Balaban J connectivity index is 1.89. The topological polar surface area (TPSA) is 24.1 Å². The third-order valence-corrected chi connectivity index (χ3v) is 3.90. The van der Waals surface area contributed by atoms with Crippen molar-refractivity contribution in [3.05, 3.63) is 30.3 Å². The molecule has 0 amide bonds. The first-order valence-corrected chi connectivity index (χ1v) is 7.00. The average Bonchev–Trinajstić information content (AvgIpc) is 2.53. The van der Waals surface area contributed by atoms with Crippen LogP contribution in [0.3, 0.4) is 0 Å². The molecular formula is C15H22N2S. The molecule has 0 spiro atoms. The third kappa shape index (κ3) is 3.45. The van der Waals surface area contributed by atoms with E-state index in [1.165, 1.54) is 12.8 Å². The smallest absolute Gasteiger partial charge is 0.171 e. The number of nitrogens with one attached hydrogen (secondary N) is 2. The van der Waals surface area contributed by atoms with Gasteiger partial charge in [-0.25, -0.2) is 0 Å². The van der Waals surface area contributed by atoms with E-state index in [2.05, 4.69) is 31.4 Å². The second kappa shape index (κ2) is 5.27. The van der Waals surface area contributed by atoms with Crippen molar-refractivity contribution in [2.24, 2.45) is 11.3 Å². The molecule has 2 rings (SSSR count). The molecule has 2 unspecified atom stereocenters. The van der Waals surface area contributed by atoms with E-state index in [9.17, 15) is 0 Å². The van der Waals surface area contributed by atoms with Crippen molar-refractivity contribution in [1.29, 1.82) is 0 Å². The quantitative estimate of drug-likeness (QED) is 0.793. The molecular weight excluding hydrogens is 240 g/mol. The van der Waals surface area contributed by atoms with Crippen LogP contribution >= 0.6 is 12.2 Å². The molecule has 0 bridgehead atoms. The number of hydrogen-bond acceptors (Lipinski definition) is 1. The number of hydrogen-bond donors (Lipinski definition) is 2. The van der Waals surface area contributed by atoms with E-state index in [1.54, 1.807) is 0 Å². The SMILES string of the molecule is CC1CC(C)(C)CC1NC(=S)Nc1ccccc1. The number of rotatable bonds is 2. The van der Waals surface area contributed by atoms with Gasteiger partial charge in [0, 0.05) is 11.7 Å². The highest BCUT2D eigenvalue weighted by molar-refractivity contribution is 7.80. The average molecular weight is 262 g/mol. The summed E-state index contributed by atoms with van der Waals surface area (Å²) in [5.74, 6) is 0.676. The normalized spacial score (nSPS) is 25.7. The summed E-state index contributed by atoms with van der Waals surface area (Å²) in [6.07, 6.45) is 2.45. The maximum absolute atomic E-state index is 5.38. The Bertz CT molecular complexity index is 414. The Kier molecular flexibility index (Phi) is 3.91. The van der Waals surface area contributed by atoms with Gasteiger partial charge in [0.25, 0.3) is 0 Å². The van der Waals surface area contributed by atoms with Gasteiger partial charge in [0.05, 0.1) is 0 Å². The highest BCUT2D eigenvalue weighted by Crippen LogP contribution is 2.40. The Morgan fingerprint density at radius 1 is 1.22 bits per heavy atom. The monoisotopic (exact) mass is 262 g/mol. The van der Waals surface area contributed by atoms with Crippen molar-refractivity contribution in [3.63, 3.8) is 0 Å².